The van der Waals surface area contributed by atoms with Crippen molar-refractivity contribution < 1.29 is 9.53 Å². The lowest BCUT2D eigenvalue weighted by Gasteiger charge is -2.13. The molecular weight excluding hydrogens is 328 g/mol. The summed E-state index contributed by atoms with van der Waals surface area (Å²) in [5.41, 5.74) is 0.526. The van der Waals surface area contributed by atoms with Crippen molar-refractivity contribution in [3.8, 4) is 5.88 Å². The number of urea groups is 1. The number of nitrogens with one attached hydrogen (secondary N) is 3. The average Bonchev–Trinajstić information content (AvgIpc) is 3.12. The maximum Gasteiger partial charge on any atom is 0.319 e. The number of hydrogen-bond donors (Lipinski definition) is 3. The van der Waals surface area contributed by atoms with Crippen molar-refractivity contribution in [2.24, 2.45) is 0 Å². The summed E-state index contributed by atoms with van der Waals surface area (Å²) < 4.78 is 5.03. The van der Waals surface area contributed by atoms with Crippen molar-refractivity contribution in [1.82, 2.24) is 15.3 Å². The Morgan fingerprint density at radius 3 is 2.92 bits per heavy atom. The first-order valence-corrected chi connectivity index (χ1v) is 8.14. The molecule has 3 heterocycles. The van der Waals surface area contributed by atoms with Gasteiger partial charge in [0.1, 0.15) is 11.2 Å². The lowest BCUT2D eigenvalue weighted by molar-refractivity contribution is 0.249. The maximum atomic E-state index is 12.5. The standard InChI is InChI=1S/C16H16N4O3S/c1-9(12-4-3-7-24-12)18-16(22)19-11-8-17-10-5-6-13(23-2)20-14(10)15(11)21/h3-9H,1-2H3,(H,17,21)(H2,18,19,22)/t9-/m1/s1. The number of rotatable bonds is 4. The van der Waals surface area contributed by atoms with Gasteiger partial charge in [0, 0.05) is 17.1 Å². The molecular formula is C16H16N4O3S. The van der Waals surface area contributed by atoms with Crippen molar-refractivity contribution in [1.29, 1.82) is 0 Å². The van der Waals surface area contributed by atoms with Crippen LogP contribution in [0.15, 0.2) is 40.6 Å². The van der Waals surface area contributed by atoms with Crippen LogP contribution in [-0.2, 0) is 0 Å². The molecule has 2 amide bonds. The number of fused-ring (bicyclic) bond motifs is 1. The molecule has 0 fully saturated rings. The highest BCUT2D eigenvalue weighted by atomic mass is 32.1. The Hall–Kier alpha value is -2.87. The number of nitrogens with zero attached hydrogens (tertiary/aromatic N) is 1. The molecule has 0 spiro atoms. The zero-order valence-electron chi connectivity index (χ0n) is 13.1. The van der Waals surface area contributed by atoms with Gasteiger partial charge in [0.05, 0.1) is 18.7 Å². The maximum absolute atomic E-state index is 12.5. The second-order valence-electron chi connectivity index (χ2n) is 5.12. The monoisotopic (exact) mass is 344 g/mol. The number of pyridine rings is 2. The Kier molecular flexibility index (Phi) is 4.48. The smallest absolute Gasteiger partial charge is 0.319 e. The van der Waals surface area contributed by atoms with Crippen molar-refractivity contribution >= 4 is 34.1 Å². The summed E-state index contributed by atoms with van der Waals surface area (Å²) >= 11 is 1.55. The SMILES string of the molecule is COc1ccc2[nH]cc(NC(=O)N[C@H](C)c3cccs3)c(=O)c2n1. The third-order valence-electron chi connectivity index (χ3n) is 3.48. The molecule has 8 heteroatoms. The van der Waals surface area contributed by atoms with Gasteiger partial charge in [-0.3, -0.25) is 4.79 Å². The fraction of sp³-hybridized carbons (Fsp3) is 0.188. The van der Waals surface area contributed by atoms with Crippen LogP contribution in [-0.4, -0.2) is 23.1 Å². The first-order valence-electron chi connectivity index (χ1n) is 7.26. The predicted octanol–water partition coefficient (Wildman–Crippen LogP) is 2.88. The van der Waals surface area contributed by atoms with Gasteiger partial charge in [-0.25, -0.2) is 9.78 Å². The molecule has 0 aliphatic rings. The minimum atomic E-state index is -0.455. The number of amides is 2. The van der Waals surface area contributed by atoms with E-state index < -0.39 is 6.03 Å². The summed E-state index contributed by atoms with van der Waals surface area (Å²) in [7, 11) is 1.48. The van der Waals surface area contributed by atoms with Crippen LogP contribution in [0.4, 0.5) is 10.5 Å². The van der Waals surface area contributed by atoms with Gasteiger partial charge in [-0.1, -0.05) is 6.07 Å². The van der Waals surface area contributed by atoms with E-state index in [0.717, 1.165) is 4.88 Å². The lowest BCUT2D eigenvalue weighted by atomic mass is 10.3. The normalized spacial score (nSPS) is 11.9. The molecule has 0 aromatic carbocycles. The molecule has 0 aliphatic heterocycles. The molecule has 3 aromatic heterocycles. The Morgan fingerprint density at radius 1 is 1.38 bits per heavy atom. The Labute approximate surface area is 141 Å². The van der Waals surface area contributed by atoms with Crippen molar-refractivity contribution in [3.63, 3.8) is 0 Å². The Morgan fingerprint density at radius 2 is 2.21 bits per heavy atom. The van der Waals surface area contributed by atoms with Gasteiger partial charge in [0.15, 0.2) is 0 Å². The zero-order valence-corrected chi connectivity index (χ0v) is 13.9. The van der Waals surface area contributed by atoms with Crippen molar-refractivity contribution in [2.75, 3.05) is 12.4 Å². The van der Waals surface area contributed by atoms with Crippen LogP contribution in [0.5, 0.6) is 5.88 Å². The molecule has 0 radical (unpaired) electrons. The van der Waals surface area contributed by atoms with E-state index in [2.05, 4.69) is 20.6 Å². The van der Waals surface area contributed by atoms with Crippen molar-refractivity contribution in [3.05, 3.63) is 50.9 Å². The summed E-state index contributed by atoms with van der Waals surface area (Å²) in [5, 5.41) is 7.30. The second-order valence-corrected chi connectivity index (χ2v) is 6.10. The largest absolute Gasteiger partial charge is 0.481 e. The highest BCUT2D eigenvalue weighted by molar-refractivity contribution is 7.10. The number of aromatic amines is 1. The number of carbonyl (C=O) groups excluding carboxylic acids is 1. The van der Waals surface area contributed by atoms with E-state index in [9.17, 15) is 9.59 Å². The van der Waals surface area contributed by atoms with Gasteiger partial charge < -0.3 is 20.4 Å². The van der Waals surface area contributed by atoms with Crippen LogP contribution in [0.25, 0.3) is 11.0 Å². The molecule has 0 saturated heterocycles. The topological polar surface area (TPSA) is 96.1 Å². The summed E-state index contributed by atoms with van der Waals surface area (Å²) in [6, 6.07) is 6.61. The number of carbonyl (C=O) groups is 1. The molecule has 0 bridgehead atoms. The quantitative estimate of drug-likeness (QED) is 0.678. The number of thiophene rings is 1. The van der Waals surface area contributed by atoms with Gasteiger partial charge in [0.2, 0.25) is 11.3 Å². The third kappa shape index (κ3) is 3.23. The summed E-state index contributed by atoms with van der Waals surface area (Å²) in [5.74, 6) is 0.334. The van der Waals surface area contributed by atoms with Gasteiger partial charge in [-0.05, 0) is 24.4 Å². The van der Waals surface area contributed by atoms with Gasteiger partial charge in [-0.2, -0.15) is 0 Å². The van der Waals surface area contributed by atoms with Crippen LogP contribution < -0.4 is 20.8 Å². The second kappa shape index (κ2) is 6.71. The molecule has 3 rings (SSSR count). The average molecular weight is 344 g/mol. The van der Waals surface area contributed by atoms with Crippen LogP contribution in [0.1, 0.15) is 17.8 Å². The molecule has 0 saturated carbocycles. The number of H-pyrrole nitrogens is 1. The third-order valence-corrected chi connectivity index (χ3v) is 4.53. The summed E-state index contributed by atoms with van der Waals surface area (Å²) in [6.45, 7) is 1.88. The molecule has 7 nitrogen and oxygen atoms in total. The molecule has 124 valence electrons. The fourth-order valence-corrected chi connectivity index (χ4v) is 2.98. The molecule has 3 aromatic rings. The summed E-state index contributed by atoms with van der Waals surface area (Å²) in [4.78, 5) is 32.7. The summed E-state index contributed by atoms with van der Waals surface area (Å²) in [6.07, 6.45) is 1.45. The van der Waals surface area contributed by atoms with Gasteiger partial charge in [-0.15, -0.1) is 11.3 Å². The number of hydrogen-bond acceptors (Lipinski definition) is 5. The predicted molar refractivity (Wildman–Crippen MR) is 93.8 cm³/mol. The number of methoxy groups -OCH3 is 1. The van der Waals surface area contributed by atoms with Gasteiger partial charge in [0.25, 0.3) is 0 Å². The van der Waals surface area contributed by atoms with E-state index in [1.807, 2.05) is 24.4 Å². The van der Waals surface area contributed by atoms with Crippen LogP contribution in [0, 0.1) is 0 Å². The van der Waals surface area contributed by atoms with E-state index in [4.69, 9.17) is 4.74 Å². The highest BCUT2D eigenvalue weighted by Crippen LogP contribution is 2.18. The van der Waals surface area contributed by atoms with Crippen LogP contribution >= 0.6 is 11.3 Å². The Balaban J connectivity index is 1.80. The zero-order chi connectivity index (χ0) is 17.1. The Bertz CT molecular complexity index is 921. The minimum Gasteiger partial charge on any atom is -0.481 e. The first kappa shape index (κ1) is 16.0. The van der Waals surface area contributed by atoms with E-state index in [1.165, 1.54) is 13.3 Å². The van der Waals surface area contributed by atoms with Crippen molar-refractivity contribution in [2.45, 2.75) is 13.0 Å². The number of aromatic nitrogens is 2. The molecule has 0 unspecified atom stereocenters. The molecule has 0 aliphatic carbocycles. The van der Waals surface area contributed by atoms with Gasteiger partial charge >= 0.3 is 6.03 Å². The van der Waals surface area contributed by atoms with E-state index >= 15 is 0 Å². The fourth-order valence-electron chi connectivity index (χ4n) is 2.24. The van der Waals surface area contributed by atoms with Crippen LogP contribution in [0.2, 0.25) is 0 Å². The van der Waals surface area contributed by atoms with E-state index in [-0.39, 0.29) is 22.7 Å². The highest BCUT2D eigenvalue weighted by Gasteiger charge is 2.13. The molecule has 1 atom stereocenters. The number of ether oxygens (including phenoxy) is 1. The lowest BCUT2D eigenvalue weighted by Crippen LogP contribution is -2.32. The van der Waals surface area contributed by atoms with E-state index in [1.54, 1.807) is 23.5 Å². The number of anilines is 1. The first-order chi connectivity index (χ1) is 11.6. The van der Waals surface area contributed by atoms with E-state index in [0.29, 0.717) is 11.4 Å². The molecule has 24 heavy (non-hydrogen) atoms. The van der Waals surface area contributed by atoms with Crippen LogP contribution in [0.3, 0.4) is 0 Å². The minimum absolute atomic E-state index is 0.124. The molecule has 3 N–H and O–H groups in total.